The van der Waals surface area contributed by atoms with E-state index in [1.165, 1.54) is 0 Å². The fourth-order valence-electron chi connectivity index (χ4n) is 1.37. The maximum Gasteiger partial charge on any atom is 0.246 e. The third-order valence-corrected chi connectivity index (χ3v) is 2.34. The van der Waals surface area contributed by atoms with Crippen molar-refractivity contribution in [2.75, 3.05) is 17.3 Å². The number of hydrogen-bond donors (Lipinski definition) is 1. The molecule has 2 heterocycles. The monoisotopic (exact) mass is 177 g/mol. The standard InChI is InChI=1S/C9H11N3O/c1-6-9(13)11-7-4-3-5-10-8(7)12(6)2/h3-6H,1-2H3,(H,11,13). The molecule has 1 aromatic heterocycles. The van der Waals surface area contributed by atoms with Crippen molar-refractivity contribution >= 4 is 17.4 Å². The minimum atomic E-state index is -0.151. The zero-order chi connectivity index (χ0) is 9.42. The number of nitrogens with zero attached hydrogens (tertiary/aromatic N) is 2. The first-order valence-electron chi connectivity index (χ1n) is 4.19. The molecule has 1 N–H and O–H groups in total. The second kappa shape index (κ2) is 2.73. The summed E-state index contributed by atoms with van der Waals surface area (Å²) >= 11 is 0. The van der Waals surface area contributed by atoms with Gasteiger partial charge in [0.1, 0.15) is 6.04 Å². The van der Waals surface area contributed by atoms with E-state index in [1.807, 2.05) is 31.0 Å². The van der Waals surface area contributed by atoms with E-state index in [0.29, 0.717) is 0 Å². The summed E-state index contributed by atoms with van der Waals surface area (Å²) < 4.78 is 0. The van der Waals surface area contributed by atoms with Gasteiger partial charge in [-0.15, -0.1) is 0 Å². The van der Waals surface area contributed by atoms with Crippen LogP contribution in [0.5, 0.6) is 0 Å². The molecule has 0 aliphatic carbocycles. The summed E-state index contributed by atoms with van der Waals surface area (Å²) in [5, 5.41) is 2.80. The molecule has 0 aromatic carbocycles. The molecule has 0 spiro atoms. The number of pyridine rings is 1. The molecule has 2 rings (SSSR count). The van der Waals surface area contributed by atoms with Crippen LogP contribution < -0.4 is 10.2 Å². The summed E-state index contributed by atoms with van der Waals surface area (Å²) in [4.78, 5) is 17.5. The van der Waals surface area contributed by atoms with E-state index < -0.39 is 0 Å². The summed E-state index contributed by atoms with van der Waals surface area (Å²) in [5.41, 5.74) is 0.785. The van der Waals surface area contributed by atoms with E-state index in [1.54, 1.807) is 6.20 Å². The van der Waals surface area contributed by atoms with E-state index >= 15 is 0 Å². The number of nitrogens with one attached hydrogen (secondary N) is 1. The molecule has 1 atom stereocenters. The number of fused-ring (bicyclic) bond motifs is 1. The van der Waals surface area contributed by atoms with E-state index in [9.17, 15) is 4.79 Å². The summed E-state index contributed by atoms with van der Waals surface area (Å²) in [6.45, 7) is 1.85. The normalized spacial score (nSPS) is 20.9. The zero-order valence-corrected chi connectivity index (χ0v) is 7.61. The molecular weight excluding hydrogens is 166 g/mol. The molecule has 13 heavy (non-hydrogen) atoms. The Labute approximate surface area is 76.6 Å². The Morgan fingerprint density at radius 3 is 3.15 bits per heavy atom. The number of hydrogen-bond acceptors (Lipinski definition) is 3. The highest BCUT2D eigenvalue weighted by molar-refractivity contribution is 6.02. The quantitative estimate of drug-likeness (QED) is 0.639. The van der Waals surface area contributed by atoms with Crippen LogP contribution >= 0.6 is 0 Å². The lowest BCUT2D eigenvalue weighted by atomic mass is 10.2. The van der Waals surface area contributed by atoms with Crippen molar-refractivity contribution in [3.05, 3.63) is 18.3 Å². The maximum atomic E-state index is 11.4. The Morgan fingerprint density at radius 1 is 1.62 bits per heavy atom. The molecule has 0 saturated heterocycles. The third-order valence-electron chi connectivity index (χ3n) is 2.34. The Bertz CT molecular complexity index is 350. The van der Waals surface area contributed by atoms with Gasteiger partial charge in [-0.25, -0.2) is 4.98 Å². The van der Waals surface area contributed by atoms with Gasteiger partial charge in [-0.2, -0.15) is 0 Å². The second-order valence-corrected chi connectivity index (χ2v) is 3.15. The van der Waals surface area contributed by atoms with Crippen molar-refractivity contribution in [3.63, 3.8) is 0 Å². The van der Waals surface area contributed by atoms with Gasteiger partial charge < -0.3 is 10.2 Å². The Hall–Kier alpha value is -1.58. The predicted molar refractivity (Wildman–Crippen MR) is 50.7 cm³/mol. The van der Waals surface area contributed by atoms with Crippen LogP contribution in [-0.2, 0) is 4.79 Å². The lowest BCUT2D eigenvalue weighted by Crippen LogP contribution is -2.44. The zero-order valence-electron chi connectivity index (χ0n) is 7.61. The molecule has 1 unspecified atom stereocenters. The van der Waals surface area contributed by atoms with Crippen LogP contribution in [0, 0.1) is 0 Å². The van der Waals surface area contributed by atoms with E-state index in [2.05, 4.69) is 10.3 Å². The third kappa shape index (κ3) is 1.14. The Kier molecular flexibility index (Phi) is 1.69. The Balaban J connectivity index is 2.49. The van der Waals surface area contributed by atoms with Gasteiger partial charge in [0.05, 0.1) is 5.69 Å². The highest BCUT2D eigenvalue weighted by atomic mass is 16.2. The molecule has 4 heteroatoms. The molecule has 4 nitrogen and oxygen atoms in total. The van der Waals surface area contributed by atoms with Crippen molar-refractivity contribution in [1.29, 1.82) is 0 Å². The van der Waals surface area contributed by atoms with E-state index in [0.717, 1.165) is 11.5 Å². The van der Waals surface area contributed by atoms with Crippen LogP contribution in [0.2, 0.25) is 0 Å². The fourth-order valence-corrected chi connectivity index (χ4v) is 1.37. The molecule has 68 valence electrons. The van der Waals surface area contributed by atoms with E-state index in [-0.39, 0.29) is 11.9 Å². The van der Waals surface area contributed by atoms with Gasteiger partial charge in [0.25, 0.3) is 0 Å². The fraction of sp³-hybridized carbons (Fsp3) is 0.333. The van der Waals surface area contributed by atoms with Crippen LogP contribution in [0.15, 0.2) is 18.3 Å². The number of rotatable bonds is 0. The largest absolute Gasteiger partial charge is 0.346 e. The predicted octanol–water partition coefficient (Wildman–Crippen LogP) is 0.858. The number of carbonyl (C=O) groups is 1. The van der Waals surface area contributed by atoms with Gasteiger partial charge >= 0.3 is 0 Å². The summed E-state index contributed by atoms with van der Waals surface area (Å²) in [7, 11) is 1.87. The molecule has 0 radical (unpaired) electrons. The average Bonchev–Trinajstić information content (AvgIpc) is 2.15. The minimum Gasteiger partial charge on any atom is -0.346 e. The summed E-state index contributed by atoms with van der Waals surface area (Å²) in [6.07, 6.45) is 1.72. The number of likely N-dealkylation sites (N-methyl/N-ethyl adjacent to an activating group) is 1. The molecular formula is C9H11N3O. The Morgan fingerprint density at radius 2 is 2.38 bits per heavy atom. The molecule has 1 aliphatic heterocycles. The molecule has 0 bridgehead atoms. The van der Waals surface area contributed by atoms with Crippen LogP contribution in [0.4, 0.5) is 11.5 Å². The molecule has 1 aliphatic rings. The average molecular weight is 177 g/mol. The van der Waals surface area contributed by atoms with Crippen molar-refractivity contribution in [2.24, 2.45) is 0 Å². The van der Waals surface area contributed by atoms with Gasteiger partial charge in [-0.1, -0.05) is 0 Å². The maximum absolute atomic E-state index is 11.4. The highest BCUT2D eigenvalue weighted by Crippen LogP contribution is 2.27. The molecule has 0 fully saturated rings. The number of carbonyl (C=O) groups excluding carboxylic acids is 1. The van der Waals surface area contributed by atoms with Crippen molar-refractivity contribution < 1.29 is 4.79 Å². The first-order chi connectivity index (χ1) is 6.20. The van der Waals surface area contributed by atoms with Crippen LogP contribution in [0.3, 0.4) is 0 Å². The van der Waals surface area contributed by atoms with Gasteiger partial charge in [0.15, 0.2) is 5.82 Å². The van der Waals surface area contributed by atoms with Gasteiger partial charge in [-0.3, -0.25) is 4.79 Å². The summed E-state index contributed by atoms with van der Waals surface area (Å²) in [5.74, 6) is 0.845. The number of anilines is 2. The van der Waals surface area contributed by atoms with Crippen molar-refractivity contribution in [3.8, 4) is 0 Å². The molecule has 1 amide bonds. The van der Waals surface area contributed by atoms with Crippen LogP contribution in [0.1, 0.15) is 6.92 Å². The van der Waals surface area contributed by atoms with Crippen molar-refractivity contribution in [1.82, 2.24) is 4.98 Å². The topological polar surface area (TPSA) is 45.2 Å². The lowest BCUT2D eigenvalue weighted by molar-refractivity contribution is -0.117. The van der Waals surface area contributed by atoms with Gasteiger partial charge in [0, 0.05) is 13.2 Å². The summed E-state index contributed by atoms with van der Waals surface area (Å²) in [6, 6.07) is 3.51. The smallest absolute Gasteiger partial charge is 0.246 e. The highest BCUT2D eigenvalue weighted by Gasteiger charge is 2.26. The first-order valence-corrected chi connectivity index (χ1v) is 4.19. The SMILES string of the molecule is CC1C(=O)Nc2cccnc2N1C. The van der Waals surface area contributed by atoms with Crippen LogP contribution in [-0.4, -0.2) is 24.0 Å². The minimum absolute atomic E-state index is 0.0167. The second-order valence-electron chi connectivity index (χ2n) is 3.15. The lowest BCUT2D eigenvalue weighted by Gasteiger charge is -2.31. The van der Waals surface area contributed by atoms with E-state index in [4.69, 9.17) is 0 Å². The van der Waals surface area contributed by atoms with Crippen molar-refractivity contribution in [2.45, 2.75) is 13.0 Å². The number of aromatic nitrogens is 1. The van der Waals surface area contributed by atoms with Gasteiger partial charge in [0.2, 0.25) is 5.91 Å². The first kappa shape index (κ1) is 8.04. The van der Waals surface area contributed by atoms with Crippen LogP contribution in [0.25, 0.3) is 0 Å². The molecule has 0 saturated carbocycles. The molecule has 1 aromatic rings. The van der Waals surface area contributed by atoms with Gasteiger partial charge in [-0.05, 0) is 19.1 Å². The number of amides is 1.